The van der Waals surface area contributed by atoms with Crippen LogP contribution in [0.15, 0.2) is 40.9 Å². The highest BCUT2D eigenvalue weighted by Crippen LogP contribution is 2.18. The zero-order valence-corrected chi connectivity index (χ0v) is 15.1. The predicted molar refractivity (Wildman–Crippen MR) is 96.5 cm³/mol. The first kappa shape index (κ1) is 18.4. The Morgan fingerprint density at radius 2 is 2.04 bits per heavy atom. The molecule has 128 valence electrons. The van der Waals surface area contributed by atoms with Crippen LogP contribution < -0.4 is 0 Å². The lowest BCUT2D eigenvalue weighted by molar-refractivity contribution is 0.104. The molecule has 5 nitrogen and oxygen atoms in total. The van der Waals surface area contributed by atoms with Gasteiger partial charge < -0.3 is 4.57 Å². The standard InChI is InChI=1S/C16H18FN3O2S2/c1-12-18-19-16(20(12)9-11-24(2,3)22)23-10-8-15(21)13-4-6-14(17)7-5-13/h4-8,10H,2,9,11H2,1,3H3/b10-8+. The smallest absolute Gasteiger partial charge is 0.195 e. The summed E-state index contributed by atoms with van der Waals surface area (Å²) in [5.41, 5.74) is 0.411. The number of halogens is 1. The van der Waals surface area contributed by atoms with Crippen LogP contribution in [0.3, 0.4) is 0 Å². The predicted octanol–water partition coefficient (Wildman–Crippen LogP) is 2.56. The molecular weight excluding hydrogens is 349 g/mol. The fourth-order valence-corrected chi connectivity index (χ4v) is 3.18. The first-order valence-electron chi connectivity index (χ1n) is 7.09. The molecule has 2 aromatic rings. The van der Waals surface area contributed by atoms with Crippen LogP contribution in [0.2, 0.25) is 0 Å². The number of carbonyl (C=O) groups is 1. The number of benzene rings is 1. The molecule has 0 aliphatic carbocycles. The largest absolute Gasteiger partial charge is 0.305 e. The normalized spacial score (nSPS) is 14.0. The van der Waals surface area contributed by atoms with Crippen LogP contribution in [0.25, 0.3) is 0 Å². The number of nitrogens with zero attached hydrogens (tertiary/aromatic N) is 3. The van der Waals surface area contributed by atoms with Crippen molar-refractivity contribution < 1.29 is 13.4 Å². The quantitative estimate of drug-likeness (QED) is 0.326. The van der Waals surface area contributed by atoms with Crippen LogP contribution in [0, 0.1) is 12.7 Å². The zero-order chi connectivity index (χ0) is 17.7. The molecule has 0 aliphatic rings. The minimum absolute atomic E-state index is 0.223. The second-order valence-electron chi connectivity index (χ2n) is 5.36. The molecule has 24 heavy (non-hydrogen) atoms. The Kier molecular flexibility index (Phi) is 5.95. The van der Waals surface area contributed by atoms with E-state index in [1.54, 1.807) is 11.7 Å². The average molecular weight is 367 g/mol. The number of rotatable bonds is 7. The van der Waals surface area contributed by atoms with E-state index >= 15 is 0 Å². The fourth-order valence-electron chi connectivity index (χ4n) is 1.86. The van der Waals surface area contributed by atoms with Crippen molar-refractivity contribution in [2.75, 3.05) is 12.0 Å². The van der Waals surface area contributed by atoms with Crippen LogP contribution in [0.5, 0.6) is 0 Å². The molecule has 0 saturated heterocycles. The molecule has 2 rings (SSSR count). The van der Waals surface area contributed by atoms with E-state index in [9.17, 15) is 13.4 Å². The first-order valence-corrected chi connectivity index (χ1v) is 10.3. The minimum Gasteiger partial charge on any atom is -0.305 e. The van der Waals surface area contributed by atoms with E-state index in [0.717, 1.165) is 0 Å². The van der Waals surface area contributed by atoms with Crippen LogP contribution in [0.4, 0.5) is 4.39 Å². The van der Waals surface area contributed by atoms with Gasteiger partial charge in [-0.25, -0.2) is 4.39 Å². The maximum Gasteiger partial charge on any atom is 0.195 e. The minimum atomic E-state index is -2.10. The summed E-state index contributed by atoms with van der Waals surface area (Å²) in [6.45, 7) is 2.31. The Bertz CT molecular complexity index is 856. The van der Waals surface area contributed by atoms with Gasteiger partial charge in [0.25, 0.3) is 0 Å². The molecule has 0 aliphatic heterocycles. The lowest BCUT2D eigenvalue weighted by Crippen LogP contribution is -2.12. The van der Waals surface area contributed by atoms with Crippen LogP contribution in [-0.4, -0.2) is 42.6 Å². The van der Waals surface area contributed by atoms with Crippen LogP contribution in [0.1, 0.15) is 16.2 Å². The van der Waals surface area contributed by atoms with Gasteiger partial charge in [-0.05, 0) is 58.1 Å². The summed E-state index contributed by atoms with van der Waals surface area (Å²) in [4.78, 5) is 12.0. The summed E-state index contributed by atoms with van der Waals surface area (Å²) in [7, 11) is -2.10. The van der Waals surface area contributed by atoms with Crippen molar-refractivity contribution >= 4 is 32.9 Å². The lowest BCUT2D eigenvalue weighted by Gasteiger charge is -2.07. The monoisotopic (exact) mass is 367 g/mol. The van der Waals surface area contributed by atoms with Gasteiger partial charge in [-0.3, -0.25) is 9.00 Å². The Labute approximate surface area is 145 Å². The van der Waals surface area contributed by atoms with Crippen LogP contribution >= 0.6 is 11.8 Å². The molecule has 0 spiro atoms. The van der Waals surface area contributed by atoms with Gasteiger partial charge in [0, 0.05) is 24.1 Å². The van der Waals surface area contributed by atoms with E-state index in [-0.39, 0.29) is 11.6 Å². The number of carbonyl (C=O) groups excluding carboxylic acids is 1. The van der Waals surface area contributed by atoms with Gasteiger partial charge in [-0.15, -0.1) is 10.2 Å². The first-order chi connectivity index (χ1) is 11.3. The van der Waals surface area contributed by atoms with Gasteiger partial charge in [-0.1, -0.05) is 11.8 Å². The third-order valence-corrected chi connectivity index (χ3v) is 5.00. The van der Waals surface area contributed by atoms with Gasteiger partial charge in [0.1, 0.15) is 11.6 Å². The maximum atomic E-state index is 12.9. The van der Waals surface area contributed by atoms with E-state index in [1.165, 1.54) is 42.1 Å². The third-order valence-electron chi connectivity index (χ3n) is 3.17. The Morgan fingerprint density at radius 1 is 1.38 bits per heavy atom. The Balaban J connectivity index is 2.03. The molecule has 0 fully saturated rings. The maximum absolute atomic E-state index is 12.9. The zero-order valence-electron chi connectivity index (χ0n) is 13.4. The second kappa shape index (κ2) is 7.76. The summed E-state index contributed by atoms with van der Waals surface area (Å²) < 4.78 is 26.4. The molecule has 0 radical (unpaired) electrons. The molecule has 1 aromatic heterocycles. The van der Waals surface area contributed by atoms with Crippen molar-refractivity contribution in [3.05, 3.63) is 53.0 Å². The van der Waals surface area contributed by atoms with E-state index < -0.39 is 9.52 Å². The fraction of sp³-hybridized carbons (Fsp3) is 0.250. The molecule has 1 unspecified atom stereocenters. The summed E-state index contributed by atoms with van der Waals surface area (Å²) in [5, 5.41) is 10.3. The number of allylic oxidation sites excluding steroid dienone is 1. The number of hydrogen-bond donors (Lipinski definition) is 0. The number of hydrogen-bond acceptors (Lipinski definition) is 5. The molecule has 0 saturated carbocycles. The molecule has 1 aromatic carbocycles. The number of ketones is 1. The highest BCUT2D eigenvalue weighted by molar-refractivity contribution is 8.02. The second-order valence-corrected chi connectivity index (χ2v) is 9.01. The molecule has 1 heterocycles. The van der Waals surface area contributed by atoms with Crippen molar-refractivity contribution in [2.24, 2.45) is 0 Å². The topological polar surface area (TPSA) is 64.8 Å². The molecule has 8 heteroatoms. The summed E-state index contributed by atoms with van der Waals surface area (Å²) in [5.74, 6) is 4.17. The average Bonchev–Trinajstić information content (AvgIpc) is 2.85. The Hall–Kier alpha value is -1.93. The molecule has 0 amide bonds. The summed E-state index contributed by atoms with van der Waals surface area (Å²) in [6.07, 6.45) is 3.01. The lowest BCUT2D eigenvalue weighted by atomic mass is 10.1. The van der Waals surface area contributed by atoms with E-state index in [4.69, 9.17) is 0 Å². The Morgan fingerprint density at radius 3 is 2.67 bits per heavy atom. The van der Waals surface area contributed by atoms with E-state index in [1.807, 2.05) is 11.5 Å². The van der Waals surface area contributed by atoms with Gasteiger partial charge >= 0.3 is 0 Å². The van der Waals surface area contributed by atoms with Crippen LogP contribution in [-0.2, 0) is 16.1 Å². The number of thioether (sulfide) groups is 1. The summed E-state index contributed by atoms with van der Waals surface area (Å²) >= 11 is 1.25. The van der Waals surface area contributed by atoms with E-state index in [0.29, 0.717) is 28.8 Å². The molecular formula is C16H18FN3O2S2. The molecule has 0 bridgehead atoms. The number of aromatic nitrogens is 3. The van der Waals surface area contributed by atoms with Crippen molar-refractivity contribution in [3.8, 4) is 0 Å². The SMILES string of the molecule is C=S(C)(=O)CCn1c(C)nnc1S/C=C/C(=O)c1ccc(F)cc1. The van der Waals surface area contributed by atoms with Crippen molar-refractivity contribution in [1.29, 1.82) is 0 Å². The third kappa shape index (κ3) is 5.31. The summed E-state index contributed by atoms with van der Waals surface area (Å²) in [6, 6.07) is 5.36. The van der Waals surface area contributed by atoms with Crippen molar-refractivity contribution in [1.82, 2.24) is 14.8 Å². The van der Waals surface area contributed by atoms with Gasteiger partial charge in [-0.2, -0.15) is 0 Å². The van der Waals surface area contributed by atoms with E-state index in [2.05, 4.69) is 16.1 Å². The highest BCUT2D eigenvalue weighted by atomic mass is 32.2. The van der Waals surface area contributed by atoms with Gasteiger partial charge in [0.2, 0.25) is 0 Å². The molecule has 1 atom stereocenters. The van der Waals surface area contributed by atoms with Gasteiger partial charge in [0.05, 0.1) is 0 Å². The highest BCUT2D eigenvalue weighted by Gasteiger charge is 2.10. The number of aryl methyl sites for hydroxylation is 1. The molecule has 0 N–H and O–H groups in total. The van der Waals surface area contributed by atoms with Crippen molar-refractivity contribution in [2.45, 2.75) is 18.6 Å². The van der Waals surface area contributed by atoms with Gasteiger partial charge in [0.15, 0.2) is 10.9 Å². The van der Waals surface area contributed by atoms with Crippen molar-refractivity contribution in [3.63, 3.8) is 0 Å².